The Hall–Kier alpha value is -2.02. The molecule has 0 aliphatic heterocycles. The van der Waals surface area contributed by atoms with Gasteiger partial charge in [0.25, 0.3) is 11.6 Å². The number of rotatable bonds is 3. The van der Waals surface area contributed by atoms with Crippen molar-refractivity contribution in [2.24, 2.45) is 0 Å². The molecule has 0 heterocycles. The molecule has 6 nitrogen and oxygen atoms in total. The van der Waals surface area contributed by atoms with Crippen LogP contribution in [0.2, 0.25) is 15.1 Å². The second-order valence-corrected chi connectivity index (χ2v) is 5.38. The van der Waals surface area contributed by atoms with Crippen LogP contribution in [0.5, 0.6) is 5.75 Å². The molecule has 0 aromatic heterocycles. The van der Waals surface area contributed by atoms with Gasteiger partial charge in [0.15, 0.2) is 0 Å². The molecule has 1 amide bonds. The molecule has 0 unspecified atom stereocenters. The SMILES string of the molecule is O=C(Nc1ccc([N+](=O)[O-])cc1Cl)c1cc(Cl)c(Cl)cc1O. The van der Waals surface area contributed by atoms with Gasteiger partial charge in [0.05, 0.1) is 31.2 Å². The number of hydrogen-bond donors (Lipinski definition) is 2. The summed E-state index contributed by atoms with van der Waals surface area (Å²) in [6.45, 7) is 0. The number of non-ortho nitro benzene ring substituents is 1. The predicted molar refractivity (Wildman–Crippen MR) is 84.2 cm³/mol. The minimum Gasteiger partial charge on any atom is -0.507 e. The van der Waals surface area contributed by atoms with Crippen molar-refractivity contribution in [3.05, 3.63) is 61.1 Å². The van der Waals surface area contributed by atoms with Crippen LogP contribution in [-0.2, 0) is 0 Å². The standard InChI is InChI=1S/C13H7Cl3N2O4/c14-8-4-7(12(19)5-9(8)15)13(20)17-11-2-1-6(18(21)22)3-10(11)16/h1-5,19H,(H,17,20). The first-order valence-electron chi connectivity index (χ1n) is 5.73. The number of amides is 1. The molecule has 2 aromatic carbocycles. The van der Waals surface area contributed by atoms with Crippen LogP contribution in [0.15, 0.2) is 30.3 Å². The highest BCUT2D eigenvalue weighted by atomic mass is 35.5. The van der Waals surface area contributed by atoms with Gasteiger partial charge in [0.2, 0.25) is 0 Å². The van der Waals surface area contributed by atoms with Gasteiger partial charge in [-0.05, 0) is 12.1 Å². The van der Waals surface area contributed by atoms with Gasteiger partial charge in [-0.1, -0.05) is 34.8 Å². The van der Waals surface area contributed by atoms with Crippen molar-refractivity contribution in [1.82, 2.24) is 0 Å². The Balaban J connectivity index is 2.30. The molecule has 114 valence electrons. The molecule has 0 saturated heterocycles. The Kier molecular flexibility index (Phi) is 4.75. The monoisotopic (exact) mass is 360 g/mol. The van der Waals surface area contributed by atoms with Crippen molar-refractivity contribution < 1.29 is 14.8 Å². The summed E-state index contributed by atoms with van der Waals surface area (Å²) in [4.78, 5) is 22.1. The topological polar surface area (TPSA) is 92.5 Å². The summed E-state index contributed by atoms with van der Waals surface area (Å²) in [6, 6.07) is 5.92. The van der Waals surface area contributed by atoms with Gasteiger partial charge in [-0.25, -0.2) is 0 Å². The first-order valence-corrected chi connectivity index (χ1v) is 6.86. The predicted octanol–water partition coefficient (Wildman–Crippen LogP) is 4.51. The summed E-state index contributed by atoms with van der Waals surface area (Å²) in [6.07, 6.45) is 0. The van der Waals surface area contributed by atoms with E-state index >= 15 is 0 Å². The van der Waals surface area contributed by atoms with Gasteiger partial charge in [-0.3, -0.25) is 14.9 Å². The Morgan fingerprint density at radius 2 is 1.73 bits per heavy atom. The second-order valence-electron chi connectivity index (χ2n) is 4.16. The number of hydrogen-bond acceptors (Lipinski definition) is 4. The van der Waals surface area contributed by atoms with E-state index in [2.05, 4.69) is 5.32 Å². The van der Waals surface area contributed by atoms with E-state index in [9.17, 15) is 20.0 Å². The van der Waals surface area contributed by atoms with Crippen LogP contribution >= 0.6 is 34.8 Å². The van der Waals surface area contributed by atoms with Gasteiger partial charge in [-0.15, -0.1) is 0 Å². The molecule has 0 aliphatic rings. The number of benzene rings is 2. The number of nitro benzene ring substituents is 1. The van der Waals surface area contributed by atoms with Gasteiger partial charge in [0.1, 0.15) is 5.75 Å². The molecule has 0 bridgehead atoms. The quantitative estimate of drug-likeness (QED) is 0.621. The summed E-state index contributed by atoms with van der Waals surface area (Å²) in [7, 11) is 0. The number of nitrogens with zero attached hydrogens (tertiary/aromatic N) is 1. The Morgan fingerprint density at radius 3 is 2.32 bits per heavy atom. The number of carbonyl (C=O) groups excluding carboxylic acids is 1. The molecule has 2 aromatic rings. The third-order valence-electron chi connectivity index (χ3n) is 2.69. The maximum atomic E-state index is 12.1. The molecule has 0 radical (unpaired) electrons. The van der Waals surface area contributed by atoms with Crippen LogP contribution in [0, 0.1) is 10.1 Å². The van der Waals surface area contributed by atoms with Crippen LogP contribution in [0.4, 0.5) is 11.4 Å². The first kappa shape index (κ1) is 16.4. The van der Waals surface area contributed by atoms with Crippen LogP contribution in [-0.4, -0.2) is 15.9 Å². The van der Waals surface area contributed by atoms with Crippen LogP contribution in [0.25, 0.3) is 0 Å². The van der Waals surface area contributed by atoms with Gasteiger partial charge >= 0.3 is 0 Å². The lowest BCUT2D eigenvalue weighted by Gasteiger charge is -2.09. The van der Waals surface area contributed by atoms with E-state index in [1.165, 1.54) is 18.2 Å². The van der Waals surface area contributed by atoms with Crippen molar-refractivity contribution in [3.63, 3.8) is 0 Å². The highest BCUT2D eigenvalue weighted by molar-refractivity contribution is 6.42. The molecule has 2 rings (SSSR count). The number of aromatic hydroxyl groups is 1. The molecular weight excluding hydrogens is 355 g/mol. The second kappa shape index (κ2) is 6.39. The Morgan fingerprint density at radius 1 is 1.09 bits per heavy atom. The zero-order chi connectivity index (χ0) is 16.4. The van der Waals surface area contributed by atoms with Crippen LogP contribution < -0.4 is 5.32 Å². The Labute approximate surface area is 139 Å². The lowest BCUT2D eigenvalue weighted by atomic mass is 10.1. The molecule has 0 saturated carbocycles. The fourth-order valence-corrected chi connectivity index (χ4v) is 2.17. The fourth-order valence-electron chi connectivity index (χ4n) is 1.63. The van der Waals surface area contributed by atoms with Crippen molar-refractivity contribution in [3.8, 4) is 5.75 Å². The van der Waals surface area contributed by atoms with Crippen molar-refractivity contribution in [1.29, 1.82) is 0 Å². The highest BCUT2D eigenvalue weighted by Gasteiger charge is 2.17. The van der Waals surface area contributed by atoms with Gasteiger partial charge in [-0.2, -0.15) is 0 Å². The number of phenolic OH excluding ortho intramolecular Hbond substituents is 1. The molecule has 0 spiro atoms. The summed E-state index contributed by atoms with van der Waals surface area (Å²) in [5, 5.41) is 23.0. The van der Waals surface area contributed by atoms with E-state index in [0.29, 0.717) is 0 Å². The van der Waals surface area contributed by atoms with Crippen LogP contribution in [0.3, 0.4) is 0 Å². The van der Waals surface area contributed by atoms with E-state index in [1.54, 1.807) is 0 Å². The molecule has 2 N–H and O–H groups in total. The molecule has 0 aliphatic carbocycles. The maximum absolute atomic E-state index is 12.1. The lowest BCUT2D eigenvalue weighted by molar-refractivity contribution is -0.384. The number of anilines is 1. The molecule has 0 atom stereocenters. The number of phenols is 1. The zero-order valence-corrected chi connectivity index (χ0v) is 12.9. The largest absolute Gasteiger partial charge is 0.507 e. The highest BCUT2D eigenvalue weighted by Crippen LogP contribution is 2.31. The number of nitro groups is 1. The summed E-state index contributed by atoms with van der Waals surface area (Å²) >= 11 is 17.4. The molecular formula is C13H7Cl3N2O4. The van der Waals surface area contributed by atoms with Gasteiger partial charge in [0, 0.05) is 18.2 Å². The number of carbonyl (C=O) groups is 1. The summed E-state index contributed by atoms with van der Waals surface area (Å²) in [5.74, 6) is -1.04. The van der Waals surface area contributed by atoms with Crippen LogP contribution in [0.1, 0.15) is 10.4 Å². The van der Waals surface area contributed by atoms with E-state index in [0.717, 1.165) is 12.1 Å². The van der Waals surface area contributed by atoms with E-state index in [1.807, 2.05) is 0 Å². The van der Waals surface area contributed by atoms with Crippen molar-refractivity contribution >= 4 is 52.1 Å². The van der Waals surface area contributed by atoms with E-state index in [-0.39, 0.29) is 37.8 Å². The minimum absolute atomic E-state index is 0.0119. The van der Waals surface area contributed by atoms with E-state index < -0.39 is 10.8 Å². The van der Waals surface area contributed by atoms with Gasteiger partial charge < -0.3 is 10.4 Å². The summed E-state index contributed by atoms with van der Waals surface area (Å²) in [5.41, 5.74) is -0.160. The fraction of sp³-hybridized carbons (Fsp3) is 0. The third kappa shape index (κ3) is 3.41. The summed E-state index contributed by atoms with van der Waals surface area (Å²) < 4.78 is 0. The molecule has 9 heteroatoms. The maximum Gasteiger partial charge on any atom is 0.271 e. The average Bonchev–Trinajstić information content (AvgIpc) is 2.44. The molecule has 0 fully saturated rings. The smallest absolute Gasteiger partial charge is 0.271 e. The average molecular weight is 362 g/mol. The number of halogens is 3. The zero-order valence-electron chi connectivity index (χ0n) is 10.6. The lowest BCUT2D eigenvalue weighted by Crippen LogP contribution is -2.12. The van der Waals surface area contributed by atoms with Crippen molar-refractivity contribution in [2.45, 2.75) is 0 Å². The van der Waals surface area contributed by atoms with Crippen molar-refractivity contribution in [2.75, 3.05) is 5.32 Å². The normalized spacial score (nSPS) is 10.3. The Bertz CT molecular complexity index is 780. The molecule has 22 heavy (non-hydrogen) atoms. The minimum atomic E-state index is -0.688. The first-order chi connectivity index (χ1) is 10.3. The third-order valence-corrected chi connectivity index (χ3v) is 3.73. The van der Waals surface area contributed by atoms with E-state index in [4.69, 9.17) is 34.8 Å². The number of nitrogens with one attached hydrogen (secondary N) is 1.